The standard InChI is InChI=1S/C15H21N5O/c1-9-13-7-12(8-17-14(13)20(2)19-9)18-15(21)10-3-5-11(16)6-4-10/h7-8,10-11H,3-6,16H2,1-2H3,(H,18,21). The van der Waals surface area contributed by atoms with Gasteiger partial charge in [0.1, 0.15) is 0 Å². The third kappa shape index (κ3) is 2.76. The number of aromatic nitrogens is 3. The predicted octanol–water partition coefficient (Wildman–Crippen LogP) is 1.73. The Morgan fingerprint density at radius 1 is 1.38 bits per heavy atom. The van der Waals surface area contributed by atoms with Crippen molar-refractivity contribution in [3.05, 3.63) is 18.0 Å². The highest BCUT2D eigenvalue weighted by Gasteiger charge is 2.24. The molecule has 2 aromatic rings. The first kappa shape index (κ1) is 14.0. The maximum absolute atomic E-state index is 12.3. The van der Waals surface area contributed by atoms with Gasteiger partial charge in [-0.2, -0.15) is 5.10 Å². The van der Waals surface area contributed by atoms with Crippen LogP contribution in [0.2, 0.25) is 0 Å². The molecule has 0 aromatic carbocycles. The monoisotopic (exact) mass is 287 g/mol. The molecule has 1 aliphatic rings. The van der Waals surface area contributed by atoms with Gasteiger partial charge in [0.15, 0.2) is 5.65 Å². The third-order valence-corrected chi connectivity index (χ3v) is 4.27. The fourth-order valence-electron chi connectivity index (χ4n) is 3.00. The van der Waals surface area contributed by atoms with Crippen LogP contribution in [0.1, 0.15) is 31.4 Å². The minimum absolute atomic E-state index is 0.0653. The molecular weight excluding hydrogens is 266 g/mol. The van der Waals surface area contributed by atoms with E-state index in [0.717, 1.165) is 48.1 Å². The summed E-state index contributed by atoms with van der Waals surface area (Å²) in [6, 6.07) is 2.20. The van der Waals surface area contributed by atoms with Gasteiger partial charge in [-0.3, -0.25) is 9.48 Å². The molecule has 21 heavy (non-hydrogen) atoms. The summed E-state index contributed by atoms with van der Waals surface area (Å²) in [7, 11) is 1.87. The lowest BCUT2D eigenvalue weighted by molar-refractivity contribution is -0.120. The van der Waals surface area contributed by atoms with E-state index in [1.54, 1.807) is 10.9 Å². The Balaban J connectivity index is 1.75. The van der Waals surface area contributed by atoms with Crippen molar-refractivity contribution in [1.82, 2.24) is 14.8 Å². The molecule has 3 N–H and O–H groups in total. The molecule has 2 aromatic heterocycles. The van der Waals surface area contributed by atoms with E-state index in [1.165, 1.54) is 0 Å². The summed E-state index contributed by atoms with van der Waals surface area (Å²) in [5.74, 6) is 0.139. The molecular formula is C15H21N5O. The van der Waals surface area contributed by atoms with Crippen molar-refractivity contribution in [1.29, 1.82) is 0 Å². The van der Waals surface area contributed by atoms with Crippen LogP contribution in [0, 0.1) is 12.8 Å². The van der Waals surface area contributed by atoms with Gasteiger partial charge in [0.25, 0.3) is 0 Å². The number of amides is 1. The maximum atomic E-state index is 12.3. The molecule has 0 atom stereocenters. The molecule has 2 heterocycles. The Kier molecular flexibility index (Phi) is 3.63. The van der Waals surface area contributed by atoms with Crippen molar-refractivity contribution in [3.63, 3.8) is 0 Å². The van der Waals surface area contributed by atoms with Gasteiger partial charge in [0.05, 0.1) is 17.6 Å². The molecule has 6 nitrogen and oxygen atoms in total. The van der Waals surface area contributed by atoms with Crippen LogP contribution in [0.4, 0.5) is 5.69 Å². The molecule has 0 bridgehead atoms. The Morgan fingerprint density at radius 2 is 2.10 bits per heavy atom. The van der Waals surface area contributed by atoms with E-state index in [2.05, 4.69) is 15.4 Å². The summed E-state index contributed by atoms with van der Waals surface area (Å²) in [4.78, 5) is 16.7. The Labute approximate surface area is 123 Å². The molecule has 0 radical (unpaired) electrons. The van der Waals surface area contributed by atoms with Gasteiger partial charge in [-0.15, -0.1) is 0 Å². The van der Waals surface area contributed by atoms with E-state index < -0.39 is 0 Å². The number of hydrogen-bond donors (Lipinski definition) is 2. The number of aryl methyl sites for hydroxylation is 2. The first-order valence-corrected chi connectivity index (χ1v) is 7.40. The zero-order chi connectivity index (χ0) is 15.0. The summed E-state index contributed by atoms with van der Waals surface area (Å²) in [6.45, 7) is 1.94. The van der Waals surface area contributed by atoms with Crippen LogP contribution in [-0.2, 0) is 11.8 Å². The Morgan fingerprint density at radius 3 is 2.81 bits per heavy atom. The molecule has 3 rings (SSSR count). The zero-order valence-corrected chi connectivity index (χ0v) is 12.5. The second-order valence-electron chi connectivity index (χ2n) is 5.91. The van der Waals surface area contributed by atoms with E-state index in [9.17, 15) is 4.79 Å². The van der Waals surface area contributed by atoms with E-state index in [1.807, 2.05) is 20.0 Å². The SMILES string of the molecule is Cc1nn(C)c2ncc(NC(=O)C3CCC(N)CC3)cc12. The van der Waals surface area contributed by atoms with Crippen molar-refractivity contribution in [2.45, 2.75) is 38.6 Å². The van der Waals surface area contributed by atoms with E-state index in [4.69, 9.17) is 5.73 Å². The van der Waals surface area contributed by atoms with Crippen molar-refractivity contribution in [2.24, 2.45) is 18.7 Å². The van der Waals surface area contributed by atoms with Crippen LogP contribution in [-0.4, -0.2) is 26.7 Å². The van der Waals surface area contributed by atoms with Crippen molar-refractivity contribution < 1.29 is 4.79 Å². The topological polar surface area (TPSA) is 85.8 Å². The molecule has 0 spiro atoms. The average molecular weight is 287 g/mol. The Bertz CT molecular complexity index is 670. The van der Waals surface area contributed by atoms with Crippen molar-refractivity contribution in [3.8, 4) is 0 Å². The summed E-state index contributed by atoms with van der Waals surface area (Å²) >= 11 is 0. The van der Waals surface area contributed by atoms with Gasteiger partial charge in [0, 0.05) is 24.4 Å². The first-order valence-electron chi connectivity index (χ1n) is 7.40. The van der Waals surface area contributed by atoms with Gasteiger partial charge in [-0.25, -0.2) is 4.98 Å². The molecule has 1 aliphatic carbocycles. The van der Waals surface area contributed by atoms with Crippen LogP contribution in [0.25, 0.3) is 11.0 Å². The van der Waals surface area contributed by atoms with E-state index in [-0.39, 0.29) is 17.9 Å². The number of carbonyl (C=O) groups is 1. The third-order valence-electron chi connectivity index (χ3n) is 4.27. The van der Waals surface area contributed by atoms with Gasteiger partial charge in [-0.05, 0) is 38.7 Å². The number of anilines is 1. The highest BCUT2D eigenvalue weighted by molar-refractivity contribution is 5.94. The number of nitrogens with zero attached hydrogens (tertiary/aromatic N) is 3. The lowest BCUT2D eigenvalue weighted by atomic mass is 9.86. The molecule has 0 saturated heterocycles. The van der Waals surface area contributed by atoms with Crippen LogP contribution >= 0.6 is 0 Å². The molecule has 6 heteroatoms. The second-order valence-corrected chi connectivity index (χ2v) is 5.91. The second kappa shape index (κ2) is 5.44. The van der Waals surface area contributed by atoms with Crippen LogP contribution in [0.3, 0.4) is 0 Å². The molecule has 1 fully saturated rings. The van der Waals surface area contributed by atoms with Crippen molar-refractivity contribution >= 4 is 22.6 Å². The Hall–Kier alpha value is -1.95. The van der Waals surface area contributed by atoms with E-state index >= 15 is 0 Å². The normalized spacial score (nSPS) is 22.4. The van der Waals surface area contributed by atoms with Gasteiger partial charge in [-0.1, -0.05) is 0 Å². The van der Waals surface area contributed by atoms with Gasteiger partial charge < -0.3 is 11.1 Å². The largest absolute Gasteiger partial charge is 0.328 e. The summed E-state index contributed by atoms with van der Waals surface area (Å²) in [5.41, 5.74) is 8.36. The average Bonchev–Trinajstić information content (AvgIpc) is 2.74. The predicted molar refractivity (Wildman–Crippen MR) is 81.8 cm³/mol. The lowest BCUT2D eigenvalue weighted by Crippen LogP contribution is -2.32. The quantitative estimate of drug-likeness (QED) is 0.881. The fraction of sp³-hybridized carbons (Fsp3) is 0.533. The molecule has 1 amide bonds. The molecule has 0 unspecified atom stereocenters. The van der Waals surface area contributed by atoms with Crippen molar-refractivity contribution in [2.75, 3.05) is 5.32 Å². The van der Waals surface area contributed by atoms with Crippen LogP contribution in [0.15, 0.2) is 12.3 Å². The number of hydrogen-bond acceptors (Lipinski definition) is 4. The summed E-state index contributed by atoms with van der Waals surface area (Å²) in [6.07, 6.45) is 5.28. The summed E-state index contributed by atoms with van der Waals surface area (Å²) in [5, 5.41) is 8.29. The fourth-order valence-corrected chi connectivity index (χ4v) is 3.00. The zero-order valence-electron chi connectivity index (χ0n) is 12.5. The molecule has 112 valence electrons. The highest BCUT2D eigenvalue weighted by atomic mass is 16.1. The van der Waals surface area contributed by atoms with Crippen LogP contribution < -0.4 is 11.1 Å². The van der Waals surface area contributed by atoms with Crippen LogP contribution in [0.5, 0.6) is 0 Å². The number of pyridine rings is 1. The van der Waals surface area contributed by atoms with Gasteiger partial charge in [0.2, 0.25) is 5.91 Å². The summed E-state index contributed by atoms with van der Waals surface area (Å²) < 4.78 is 1.75. The molecule has 0 aliphatic heterocycles. The number of rotatable bonds is 2. The highest BCUT2D eigenvalue weighted by Crippen LogP contribution is 2.25. The smallest absolute Gasteiger partial charge is 0.227 e. The number of fused-ring (bicyclic) bond motifs is 1. The maximum Gasteiger partial charge on any atom is 0.227 e. The number of carbonyl (C=O) groups excluding carboxylic acids is 1. The minimum atomic E-state index is 0.0653. The van der Waals surface area contributed by atoms with Gasteiger partial charge >= 0.3 is 0 Å². The van der Waals surface area contributed by atoms with E-state index in [0.29, 0.717) is 0 Å². The number of nitrogens with one attached hydrogen (secondary N) is 1. The molecule has 1 saturated carbocycles. The lowest BCUT2D eigenvalue weighted by Gasteiger charge is -2.25. The first-order chi connectivity index (χ1) is 10.0. The number of nitrogens with two attached hydrogens (primary N) is 1. The minimum Gasteiger partial charge on any atom is -0.328 e.